The normalized spacial score (nSPS) is 10.4. The first kappa shape index (κ1) is 13.7. The highest BCUT2D eigenvalue weighted by Gasteiger charge is 2.06. The van der Waals surface area contributed by atoms with Crippen LogP contribution in [0.5, 0.6) is 0 Å². The Morgan fingerprint density at radius 2 is 2.15 bits per heavy atom. The van der Waals surface area contributed by atoms with Gasteiger partial charge in [-0.05, 0) is 11.6 Å². The predicted molar refractivity (Wildman–Crippen MR) is 75.8 cm³/mol. The molecule has 1 amide bonds. The number of benzene rings is 1. The Balaban J connectivity index is 1.89. The minimum atomic E-state index is -0.598. The quantitative estimate of drug-likeness (QED) is 0.865. The van der Waals surface area contributed by atoms with Gasteiger partial charge in [0.05, 0.1) is 5.69 Å². The van der Waals surface area contributed by atoms with Crippen molar-refractivity contribution in [3.05, 3.63) is 53.9 Å². The highest BCUT2D eigenvalue weighted by molar-refractivity contribution is 5.83. The topological polar surface area (TPSA) is 76.5 Å². The molecular weight excluding hydrogens is 256 g/mol. The number of anilines is 1. The summed E-state index contributed by atoms with van der Waals surface area (Å²) in [6, 6.07) is 11.1. The Morgan fingerprint density at radius 3 is 2.90 bits per heavy atom. The smallest absolute Gasteiger partial charge is 0.414 e. The Bertz CT molecular complexity index is 599. The second-order valence-electron chi connectivity index (χ2n) is 3.88. The molecule has 2 rings (SSSR count). The summed E-state index contributed by atoms with van der Waals surface area (Å²) in [5, 5.41) is 2.47. The van der Waals surface area contributed by atoms with Crippen molar-refractivity contribution in [3.63, 3.8) is 0 Å². The molecule has 102 valence electrons. The van der Waals surface area contributed by atoms with Crippen LogP contribution in [0.2, 0.25) is 0 Å². The van der Waals surface area contributed by atoms with Crippen molar-refractivity contribution >= 4 is 18.3 Å². The lowest BCUT2D eigenvalue weighted by atomic mass is 10.2. The summed E-state index contributed by atoms with van der Waals surface area (Å²) in [6.07, 6.45) is 2.51. The van der Waals surface area contributed by atoms with Gasteiger partial charge in [0.25, 0.3) is 0 Å². The number of carbonyl (C=O) groups is 1. The first-order valence-electron chi connectivity index (χ1n) is 6.01. The fraction of sp³-hybridized carbons (Fsp3) is 0.143. The second kappa shape index (κ2) is 6.98. The first-order valence-corrected chi connectivity index (χ1v) is 6.01. The third-order valence-corrected chi connectivity index (χ3v) is 2.37. The fourth-order valence-corrected chi connectivity index (χ4v) is 1.49. The van der Waals surface area contributed by atoms with Crippen molar-refractivity contribution in [2.45, 2.75) is 6.61 Å². The first-order chi connectivity index (χ1) is 9.78. The Hall–Kier alpha value is -2.76. The molecule has 1 aromatic carbocycles. The maximum atomic E-state index is 11.6. The van der Waals surface area contributed by atoms with Gasteiger partial charge >= 0.3 is 6.09 Å². The van der Waals surface area contributed by atoms with E-state index in [0.717, 1.165) is 5.56 Å². The highest BCUT2D eigenvalue weighted by atomic mass is 16.5. The molecule has 6 nitrogen and oxygen atoms in total. The summed E-state index contributed by atoms with van der Waals surface area (Å²) < 4.78 is 5.07. The van der Waals surface area contributed by atoms with Gasteiger partial charge in [-0.2, -0.15) is 0 Å². The van der Waals surface area contributed by atoms with Crippen LogP contribution in [0.1, 0.15) is 11.3 Å². The Labute approximate surface area is 116 Å². The minimum Gasteiger partial charge on any atom is -0.444 e. The number of ether oxygens (including phenoxy) is 1. The van der Waals surface area contributed by atoms with Crippen molar-refractivity contribution in [1.82, 2.24) is 9.97 Å². The van der Waals surface area contributed by atoms with Crippen LogP contribution in [0.4, 0.5) is 10.7 Å². The van der Waals surface area contributed by atoms with E-state index in [9.17, 15) is 4.79 Å². The van der Waals surface area contributed by atoms with Gasteiger partial charge in [0.15, 0.2) is 0 Å². The van der Waals surface area contributed by atoms with E-state index < -0.39 is 6.09 Å². The van der Waals surface area contributed by atoms with Gasteiger partial charge < -0.3 is 4.74 Å². The van der Waals surface area contributed by atoms with Gasteiger partial charge in [-0.25, -0.2) is 14.8 Å². The molecule has 1 aromatic heterocycles. The molecule has 0 radical (unpaired) electrons. The molecule has 0 unspecified atom stereocenters. The van der Waals surface area contributed by atoms with E-state index >= 15 is 0 Å². The minimum absolute atomic E-state index is 0.181. The molecule has 0 aliphatic carbocycles. The van der Waals surface area contributed by atoms with Gasteiger partial charge in [0.2, 0.25) is 5.95 Å². The molecule has 20 heavy (non-hydrogen) atoms. The van der Waals surface area contributed by atoms with Crippen LogP contribution in [-0.4, -0.2) is 29.3 Å². The largest absolute Gasteiger partial charge is 0.444 e. The zero-order valence-electron chi connectivity index (χ0n) is 11.0. The number of aliphatic imine (C=N–C) groups is 1. The monoisotopic (exact) mass is 270 g/mol. The van der Waals surface area contributed by atoms with Gasteiger partial charge in [-0.3, -0.25) is 10.3 Å². The van der Waals surface area contributed by atoms with Crippen molar-refractivity contribution in [2.24, 2.45) is 4.99 Å². The van der Waals surface area contributed by atoms with Crippen LogP contribution < -0.4 is 5.32 Å². The second-order valence-corrected chi connectivity index (χ2v) is 3.88. The van der Waals surface area contributed by atoms with E-state index in [1.165, 1.54) is 6.20 Å². The number of hydrogen-bond donors (Lipinski definition) is 1. The zero-order chi connectivity index (χ0) is 14.2. The van der Waals surface area contributed by atoms with E-state index in [0.29, 0.717) is 5.69 Å². The highest BCUT2D eigenvalue weighted by Crippen LogP contribution is 2.03. The average Bonchev–Trinajstić information content (AvgIpc) is 2.47. The summed E-state index contributed by atoms with van der Waals surface area (Å²) in [5.74, 6) is 0.181. The van der Waals surface area contributed by atoms with Crippen LogP contribution in [0.25, 0.3) is 0 Å². The van der Waals surface area contributed by atoms with E-state index in [4.69, 9.17) is 4.74 Å². The zero-order valence-corrected chi connectivity index (χ0v) is 11.0. The van der Waals surface area contributed by atoms with E-state index in [1.807, 2.05) is 30.3 Å². The van der Waals surface area contributed by atoms with Gasteiger partial charge in [-0.15, -0.1) is 0 Å². The number of amides is 1. The summed E-state index contributed by atoms with van der Waals surface area (Å²) in [6.45, 7) is 0.197. The molecule has 0 atom stereocenters. The fourth-order valence-electron chi connectivity index (χ4n) is 1.49. The molecule has 1 heterocycles. The van der Waals surface area contributed by atoms with Crippen LogP contribution in [0, 0.1) is 0 Å². The third kappa shape index (κ3) is 4.16. The number of rotatable bonds is 4. The molecule has 0 bridgehead atoms. The van der Waals surface area contributed by atoms with Crippen LogP contribution in [0.3, 0.4) is 0 Å². The summed E-state index contributed by atoms with van der Waals surface area (Å²) >= 11 is 0. The van der Waals surface area contributed by atoms with Crippen LogP contribution in [0.15, 0.2) is 47.6 Å². The molecule has 6 heteroatoms. The molecule has 0 spiro atoms. The molecule has 0 fully saturated rings. The number of aromatic nitrogens is 2. The molecule has 0 saturated carbocycles. The van der Waals surface area contributed by atoms with Crippen molar-refractivity contribution in [1.29, 1.82) is 0 Å². The lowest BCUT2D eigenvalue weighted by Gasteiger charge is -2.06. The standard InChI is InChI=1S/C14H14N4O2/c1-15-9-12-7-8-16-13(17-12)18-14(19)20-10-11-5-3-2-4-6-11/h2-9H,10H2,1H3,(H,16,17,18,19). The van der Waals surface area contributed by atoms with Gasteiger partial charge in [0, 0.05) is 19.5 Å². The molecule has 0 saturated heterocycles. The predicted octanol–water partition coefficient (Wildman–Crippen LogP) is 2.27. The number of hydrogen-bond acceptors (Lipinski definition) is 5. The van der Waals surface area contributed by atoms with E-state index in [2.05, 4.69) is 20.3 Å². The lowest BCUT2D eigenvalue weighted by Crippen LogP contribution is -2.15. The average molecular weight is 270 g/mol. The van der Waals surface area contributed by atoms with Crippen molar-refractivity contribution < 1.29 is 9.53 Å². The third-order valence-electron chi connectivity index (χ3n) is 2.37. The van der Waals surface area contributed by atoms with E-state index in [1.54, 1.807) is 19.3 Å². The maximum absolute atomic E-state index is 11.6. The maximum Gasteiger partial charge on any atom is 0.414 e. The lowest BCUT2D eigenvalue weighted by molar-refractivity contribution is 0.155. The SMILES string of the molecule is CN=Cc1ccnc(NC(=O)OCc2ccccc2)n1. The van der Waals surface area contributed by atoms with Gasteiger partial charge in [0.1, 0.15) is 6.61 Å². The Kier molecular flexibility index (Phi) is 4.77. The summed E-state index contributed by atoms with van der Waals surface area (Å²) in [4.78, 5) is 23.5. The van der Waals surface area contributed by atoms with Crippen molar-refractivity contribution in [2.75, 3.05) is 12.4 Å². The van der Waals surface area contributed by atoms with Crippen LogP contribution in [-0.2, 0) is 11.3 Å². The molecule has 0 aliphatic rings. The molecule has 0 aliphatic heterocycles. The number of nitrogens with one attached hydrogen (secondary N) is 1. The molecular formula is C14H14N4O2. The number of nitrogens with zero attached hydrogens (tertiary/aromatic N) is 3. The van der Waals surface area contributed by atoms with E-state index in [-0.39, 0.29) is 12.6 Å². The summed E-state index contributed by atoms with van der Waals surface area (Å²) in [5.41, 5.74) is 1.52. The number of carbonyl (C=O) groups excluding carboxylic acids is 1. The molecule has 1 N–H and O–H groups in total. The van der Waals surface area contributed by atoms with Crippen LogP contribution >= 0.6 is 0 Å². The van der Waals surface area contributed by atoms with Gasteiger partial charge in [-0.1, -0.05) is 30.3 Å². The van der Waals surface area contributed by atoms with Crippen molar-refractivity contribution in [3.8, 4) is 0 Å². The summed E-state index contributed by atoms with van der Waals surface area (Å²) in [7, 11) is 1.64. The Morgan fingerprint density at radius 1 is 1.35 bits per heavy atom. The molecule has 2 aromatic rings.